The minimum atomic E-state index is -4.87. The molecule has 82 valence electrons. The molecule has 0 saturated carbocycles. The molecule has 0 heterocycles. The van der Waals surface area contributed by atoms with Crippen LogP contribution in [0, 0.1) is 22.7 Å². The Kier molecular flexibility index (Phi) is 4.52. The van der Waals surface area contributed by atoms with Crippen molar-refractivity contribution in [1.82, 2.24) is 4.90 Å². The Morgan fingerprint density at radius 2 is 1.67 bits per heavy atom. The van der Waals surface area contributed by atoms with Crippen LogP contribution in [0.2, 0.25) is 0 Å². The molecule has 0 spiro atoms. The Bertz CT molecular complexity index is 301. The van der Waals surface area contributed by atoms with Crippen LogP contribution in [0.4, 0.5) is 17.6 Å². The van der Waals surface area contributed by atoms with Crippen molar-refractivity contribution in [2.45, 2.75) is 12.3 Å². The highest BCUT2D eigenvalue weighted by molar-refractivity contribution is 5.84. The third-order valence-corrected chi connectivity index (χ3v) is 1.37. The minimum Gasteiger partial charge on any atom is -0.311 e. The predicted molar refractivity (Wildman–Crippen MR) is 38.8 cm³/mol. The van der Waals surface area contributed by atoms with E-state index in [9.17, 15) is 22.4 Å². The first kappa shape index (κ1) is 13.2. The summed E-state index contributed by atoms with van der Waals surface area (Å²) in [5.41, 5.74) is 0. The van der Waals surface area contributed by atoms with Gasteiger partial charge in [0, 0.05) is 0 Å². The second kappa shape index (κ2) is 5.15. The average molecular weight is 223 g/mol. The van der Waals surface area contributed by atoms with Crippen molar-refractivity contribution >= 4 is 5.91 Å². The van der Waals surface area contributed by atoms with Crippen molar-refractivity contribution < 1.29 is 22.4 Å². The number of rotatable bonds is 4. The summed E-state index contributed by atoms with van der Waals surface area (Å²) in [6, 6.07) is 2.64. The maximum atomic E-state index is 12.5. The molecule has 0 aromatic heterocycles. The molecule has 0 atom stereocenters. The van der Waals surface area contributed by atoms with Crippen LogP contribution in [0.3, 0.4) is 0 Å². The number of amides is 1. The fourth-order valence-corrected chi connectivity index (χ4v) is 0.674. The molecule has 0 rings (SSSR count). The SMILES string of the molecule is N#CCN(CC#N)C(=O)C(F)(F)C(F)F. The monoisotopic (exact) mass is 223 g/mol. The van der Waals surface area contributed by atoms with Gasteiger partial charge in [-0.3, -0.25) is 4.79 Å². The Balaban J connectivity index is 4.80. The van der Waals surface area contributed by atoms with Gasteiger partial charge in [-0.1, -0.05) is 0 Å². The van der Waals surface area contributed by atoms with Gasteiger partial charge in [0.2, 0.25) is 0 Å². The Labute approximate surface area is 82.3 Å². The summed E-state index contributed by atoms with van der Waals surface area (Å²) in [6.07, 6.45) is -4.16. The van der Waals surface area contributed by atoms with Gasteiger partial charge < -0.3 is 4.90 Å². The zero-order valence-electron chi connectivity index (χ0n) is 7.25. The molecule has 1 amide bonds. The van der Waals surface area contributed by atoms with Gasteiger partial charge in [-0.2, -0.15) is 19.3 Å². The highest BCUT2D eigenvalue weighted by Crippen LogP contribution is 2.25. The summed E-state index contributed by atoms with van der Waals surface area (Å²) in [7, 11) is 0. The molecule has 4 nitrogen and oxygen atoms in total. The Morgan fingerprint density at radius 3 is 1.93 bits per heavy atom. The van der Waals surface area contributed by atoms with Crippen LogP contribution in [0.1, 0.15) is 0 Å². The fraction of sp³-hybridized carbons (Fsp3) is 0.571. The van der Waals surface area contributed by atoms with E-state index in [0.29, 0.717) is 0 Å². The van der Waals surface area contributed by atoms with Crippen LogP contribution in [0.25, 0.3) is 0 Å². The topological polar surface area (TPSA) is 67.9 Å². The molecule has 0 radical (unpaired) electrons. The Morgan fingerprint density at radius 1 is 1.27 bits per heavy atom. The molecule has 0 unspecified atom stereocenters. The number of nitriles is 2. The molecule has 0 bridgehead atoms. The lowest BCUT2D eigenvalue weighted by Crippen LogP contribution is -2.48. The first-order valence-electron chi connectivity index (χ1n) is 3.57. The second-order valence-corrected chi connectivity index (χ2v) is 2.40. The second-order valence-electron chi connectivity index (χ2n) is 2.40. The van der Waals surface area contributed by atoms with Gasteiger partial charge in [-0.25, -0.2) is 8.78 Å². The number of alkyl halides is 4. The third kappa shape index (κ3) is 3.09. The molecule has 0 aliphatic heterocycles. The van der Waals surface area contributed by atoms with Gasteiger partial charge in [0.1, 0.15) is 13.1 Å². The van der Waals surface area contributed by atoms with E-state index in [4.69, 9.17) is 10.5 Å². The van der Waals surface area contributed by atoms with Crippen LogP contribution >= 0.6 is 0 Å². The maximum Gasteiger partial charge on any atom is 0.383 e. The molecule has 0 N–H and O–H groups in total. The molecule has 0 aromatic rings. The number of hydrogen-bond acceptors (Lipinski definition) is 3. The van der Waals surface area contributed by atoms with E-state index < -0.39 is 31.3 Å². The highest BCUT2D eigenvalue weighted by Gasteiger charge is 2.51. The molecular formula is C7H5F4N3O. The Hall–Kier alpha value is -1.83. The zero-order valence-corrected chi connectivity index (χ0v) is 7.25. The summed E-state index contributed by atoms with van der Waals surface area (Å²) >= 11 is 0. The standard InChI is InChI=1S/C7H5F4N3O/c8-5(9)7(10,11)6(15)14(3-1-12)4-2-13/h5H,3-4H2. The van der Waals surface area contributed by atoms with E-state index in [2.05, 4.69) is 0 Å². The summed E-state index contributed by atoms with van der Waals surface area (Å²) in [4.78, 5) is 10.8. The van der Waals surface area contributed by atoms with Gasteiger partial charge in [0.25, 0.3) is 0 Å². The lowest BCUT2D eigenvalue weighted by molar-refractivity contribution is -0.179. The molecule has 0 fully saturated rings. The van der Waals surface area contributed by atoms with Crippen molar-refractivity contribution in [2.24, 2.45) is 0 Å². The maximum absolute atomic E-state index is 12.5. The lowest BCUT2D eigenvalue weighted by atomic mass is 10.3. The number of carbonyl (C=O) groups excluding carboxylic acids is 1. The quantitative estimate of drug-likeness (QED) is 0.522. The van der Waals surface area contributed by atoms with Crippen LogP contribution in [0.5, 0.6) is 0 Å². The summed E-state index contributed by atoms with van der Waals surface area (Å²) in [5.74, 6) is -7.09. The van der Waals surface area contributed by atoms with Crippen molar-refractivity contribution in [3.63, 3.8) is 0 Å². The first-order chi connectivity index (χ1) is 6.87. The van der Waals surface area contributed by atoms with E-state index in [1.807, 2.05) is 0 Å². The summed E-state index contributed by atoms with van der Waals surface area (Å²) in [5, 5.41) is 16.3. The van der Waals surface area contributed by atoms with Crippen LogP contribution in [-0.2, 0) is 4.79 Å². The van der Waals surface area contributed by atoms with Gasteiger partial charge in [0.15, 0.2) is 0 Å². The van der Waals surface area contributed by atoms with Crippen LogP contribution < -0.4 is 0 Å². The van der Waals surface area contributed by atoms with Gasteiger partial charge >= 0.3 is 18.3 Å². The molecule has 0 aromatic carbocycles. The normalized spacial score (nSPS) is 10.6. The summed E-state index contributed by atoms with van der Waals surface area (Å²) < 4.78 is 48.4. The summed E-state index contributed by atoms with van der Waals surface area (Å²) in [6.45, 7) is -1.68. The zero-order chi connectivity index (χ0) is 12.1. The number of hydrogen-bond donors (Lipinski definition) is 0. The lowest BCUT2D eigenvalue weighted by Gasteiger charge is -2.21. The van der Waals surface area contributed by atoms with Crippen molar-refractivity contribution in [1.29, 1.82) is 10.5 Å². The number of halogens is 4. The average Bonchev–Trinajstić information content (AvgIpc) is 2.16. The van der Waals surface area contributed by atoms with Crippen LogP contribution in [-0.4, -0.2) is 36.2 Å². The molecule has 0 aliphatic rings. The van der Waals surface area contributed by atoms with E-state index in [1.165, 1.54) is 12.1 Å². The van der Waals surface area contributed by atoms with Gasteiger partial charge in [-0.15, -0.1) is 0 Å². The van der Waals surface area contributed by atoms with Crippen molar-refractivity contribution in [3.05, 3.63) is 0 Å². The predicted octanol–water partition coefficient (Wildman–Crippen LogP) is 0.763. The fourth-order valence-electron chi connectivity index (χ4n) is 0.674. The molecule has 0 saturated heterocycles. The van der Waals surface area contributed by atoms with Crippen molar-refractivity contribution in [2.75, 3.05) is 13.1 Å². The van der Waals surface area contributed by atoms with E-state index in [-0.39, 0.29) is 4.90 Å². The van der Waals surface area contributed by atoms with E-state index in [0.717, 1.165) is 0 Å². The highest BCUT2D eigenvalue weighted by atomic mass is 19.3. The minimum absolute atomic E-state index is 0.0617. The van der Waals surface area contributed by atoms with E-state index in [1.54, 1.807) is 0 Å². The molecule has 15 heavy (non-hydrogen) atoms. The smallest absolute Gasteiger partial charge is 0.311 e. The third-order valence-electron chi connectivity index (χ3n) is 1.37. The number of nitrogens with zero attached hydrogens (tertiary/aromatic N) is 3. The van der Waals surface area contributed by atoms with Crippen LogP contribution in [0.15, 0.2) is 0 Å². The number of carbonyl (C=O) groups is 1. The van der Waals surface area contributed by atoms with Gasteiger partial charge in [-0.05, 0) is 0 Å². The van der Waals surface area contributed by atoms with Crippen molar-refractivity contribution in [3.8, 4) is 12.1 Å². The molecule has 0 aliphatic carbocycles. The molecule has 8 heteroatoms. The van der Waals surface area contributed by atoms with E-state index >= 15 is 0 Å². The largest absolute Gasteiger partial charge is 0.383 e. The van der Waals surface area contributed by atoms with Gasteiger partial charge in [0.05, 0.1) is 12.1 Å². The first-order valence-corrected chi connectivity index (χ1v) is 3.57. The molecular weight excluding hydrogens is 218 g/mol.